The van der Waals surface area contributed by atoms with Crippen LogP contribution in [-0.2, 0) is 5.41 Å². The van der Waals surface area contributed by atoms with E-state index in [-0.39, 0.29) is 45.8 Å². The van der Waals surface area contributed by atoms with Crippen molar-refractivity contribution in [3.05, 3.63) is 42.5 Å². The molecule has 0 spiro atoms. The molecule has 7 heteroatoms. The van der Waals surface area contributed by atoms with Gasteiger partial charge in [0.2, 0.25) is 0 Å². The second-order valence-corrected chi connectivity index (χ2v) is 6.24. The Labute approximate surface area is 128 Å². The Morgan fingerprint density at radius 2 is 1.45 bits per heavy atom. The van der Waals surface area contributed by atoms with E-state index in [9.17, 15) is 25.0 Å². The normalized spacial score (nSPS) is 11.4. The van der Waals surface area contributed by atoms with E-state index in [1.807, 2.05) is 0 Å². The molecule has 0 atom stereocenters. The molecule has 0 aromatic heterocycles. The molecule has 0 saturated heterocycles. The van der Waals surface area contributed by atoms with Gasteiger partial charge in [-0.2, -0.15) is 0 Å². The molecule has 0 aliphatic carbocycles. The minimum Gasteiger partial charge on any atom is -0.294 e. The van der Waals surface area contributed by atoms with E-state index in [2.05, 4.69) is 0 Å². The van der Waals surface area contributed by atoms with Crippen molar-refractivity contribution in [3.8, 4) is 0 Å². The van der Waals surface area contributed by atoms with Crippen LogP contribution >= 0.6 is 0 Å². The van der Waals surface area contributed by atoms with Crippen molar-refractivity contribution in [1.82, 2.24) is 0 Å². The molecule has 0 fully saturated rings. The number of nitro groups is 2. The summed E-state index contributed by atoms with van der Waals surface area (Å²) in [5, 5.41) is 22.8. The fourth-order valence-electron chi connectivity index (χ4n) is 2.76. The van der Waals surface area contributed by atoms with Gasteiger partial charge in [0.15, 0.2) is 5.78 Å². The van der Waals surface area contributed by atoms with Crippen LogP contribution in [0.5, 0.6) is 0 Å². The fraction of sp³-hybridized carbons (Fsp3) is 0.533. The Hall–Kier alpha value is -2.31. The third-order valence-electron chi connectivity index (χ3n) is 3.64. The largest absolute Gasteiger partial charge is 0.294 e. The number of nitrogens with zero attached hydrogens (tertiary/aromatic N) is 2. The first-order valence-electron chi connectivity index (χ1n) is 6.94. The van der Waals surface area contributed by atoms with Gasteiger partial charge in [-0.1, -0.05) is 27.7 Å². The average Bonchev–Trinajstić information content (AvgIpc) is 2.35. The lowest BCUT2D eigenvalue weighted by molar-refractivity contribution is -0.396. The number of hydrogen-bond donors (Lipinski definition) is 0. The summed E-state index contributed by atoms with van der Waals surface area (Å²) in [6.45, 7) is 9.74. The summed E-state index contributed by atoms with van der Waals surface area (Å²) >= 11 is 0. The number of hydrogen-bond acceptors (Lipinski definition) is 5. The average molecular weight is 308 g/mol. The molecular formula is C15H20N2O5. The summed E-state index contributed by atoms with van der Waals surface area (Å²) in [5.41, 5.74) is -0.801. The first-order valence-corrected chi connectivity index (χ1v) is 6.94. The lowest BCUT2D eigenvalue weighted by Crippen LogP contribution is -2.22. The number of carbonyl (C=O) groups excluding carboxylic acids is 1. The van der Waals surface area contributed by atoms with E-state index in [1.54, 1.807) is 27.7 Å². The Morgan fingerprint density at radius 3 is 1.77 bits per heavy atom. The lowest BCUT2D eigenvalue weighted by Gasteiger charge is -2.24. The summed E-state index contributed by atoms with van der Waals surface area (Å²) in [6, 6.07) is 0. The second-order valence-electron chi connectivity index (χ2n) is 6.24. The highest BCUT2D eigenvalue weighted by molar-refractivity contribution is 6.01. The van der Waals surface area contributed by atoms with E-state index >= 15 is 0 Å². The molecule has 1 rings (SSSR count). The molecule has 0 aliphatic rings. The highest BCUT2D eigenvalue weighted by atomic mass is 16.6. The summed E-state index contributed by atoms with van der Waals surface area (Å²) in [4.78, 5) is 33.9. The molecule has 1 aromatic rings. The molecule has 0 heterocycles. The molecule has 0 aliphatic heterocycles. The number of nitro benzene ring substituents is 2. The molecule has 120 valence electrons. The first kappa shape index (κ1) is 17.7. The molecule has 0 radical (unpaired) electrons. The molecule has 0 bridgehead atoms. The summed E-state index contributed by atoms with van der Waals surface area (Å²) in [5.74, 6) is -0.325. The van der Waals surface area contributed by atoms with Crippen LogP contribution in [0.25, 0.3) is 0 Å². The standard InChI is InChI=1S/C15H20N2O5/c1-7-10(18)11-8(2)13(16(19)20)9(3)14(17(21)22)12(11)15(4,5)6/h7H2,1-6H3. The zero-order valence-electron chi connectivity index (χ0n) is 13.6. The van der Waals surface area contributed by atoms with E-state index < -0.39 is 15.3 Å². The van der Waals surface area contributed by atoms with Crippen molar-refractivity contribution in [2.24, 2.45) is 0 Å². The second kappa shape index (κ2) is 5.82. The van der Waals surface area contributed by atoms with Crippen LogP contribution in [0.1, 0.15) is 61.2 Å². The van der Waals surface area contributed by atoms with Crippen molar-refractivity contribution in [3.63, 3.8) is 0 Å². The quantitative estimate of drug-likeness (QED) is 0.475. The Kier molecular flexibility index (Phi) is 4.70. The van der Waals surface area contributed by atoms with Crippen LogP contribution in [0, 0.1) is 34.1 Å². The predicted octanol–water partition coefficient (Wildman–Crippen LogP) is 4.01. The first-order chi connectivity index (χ1) is 9.95. The Morgan fingerprint density at radius 1 is 1.00 bits per heavy atom. The van der Waals surface area contributed by atoms with Crippen molar-refractivity contribution >= 4 is 17.2 Å². The molecule has 22 heavy (non-hydrogen) atoms. The minimum absolute atomic E-state index is 0.00919. The summed E-state index contributed by atoms with van der Waals surface area (Å²) in [6.07, 6.45) is 0.126. The molecular weight excluding hydrogens is 288 g/mol. The van der Waals surface area contributed by atoms with Gasteiger partial charge < -0.3 is 0 Å². The van der Waals surface area contributed by atoms with Gasteiger partial charge in [-0.25, -0.2) is 0 Å². The van der Waals surface area contributed by atoms with Crippen molar-refractivity contribution in [1.29, 1.82) is 0 Å². The predicted molar refractivity (Wildman–Crippen MR) is 82.5 cm³/mol. The smallest absolute Gasteiger partial charge is 0.283 e. The van der Waals surface area contributed by atoms with Gasteiger partial charge in [0.25, 0.3) is 11.4 Å². The summed E-state index contributed by atoms with van der Waals surface area (Å²) in [7, 11) is 0. The molecule has 0 N–H and O–H groups in total. The third kappa shape index (κ3) is 2.84. The van der Waals surface area contributed by atoms with E-state index in [4.69, 9.17) is 0 Å². The van der Waals surface area contributed by atoms with Crippen molar-refractivity contribution in [2.75, 3.05) is 0 Å². The maximum absolute atomic E-state index is 12.3. The zero-order chi connectivity index (χ0) is 17.4. The van der Waals surface area contributed by atoms with E-state index in [0.29, 0.717) is 0 Å². The number of Topliss-reactive ketones (excluding diaryl/α,β-unsaturated/α-hetero) is 1. The van der Waals surface area contributed by atoms with Crippen molar-refractivity contribution < 1.29 is 14.6 Å². The van der Waals surface area contributed by atoms with Gasteiger partial charge in [-0.15, -0.1) is 0 Å². The van der Waals surface area contributed by atoms with Gasteiger partial charge in [-0.05, 0) is 19.3 Å². The minimum atomic E-state index is -0.687. The van der Waals surface area contributed by atoms with Crippen LogP contribution in [0.2, 0.25) is 0 Å². The highest BCUT2D eigenvalue weighted by Gasteiger charge is 2.38. The molecule has 0 amide bonds. The van der Waals surface area contributed by atoms with Crippen LogP contribution in [0.4, 0.5) is 11.4 Å². The number of carbonyl (C=O) groups is 1. The van der Waals surface area contributed by atoms with E-state index in [1.165, 1.54) is 13.8 Å². The van der Waals surface area contributed by atoms with Crippen LogP contribution < -0.4 is 0 Å². The zero-order valence-corrected chi connectivity index (χ0v) is 13.6. The van der Waals surface area contributed by atoms with E-state index in [0.717, 1.165) is 0 Å². The summed E-state index contributed by atoms with van der Waals surface area (Å²) < 4.78 is 0. The Balaban J connectivity index is 4.16. The van der Waals surface area contributed by atoms with Crippen molar-refractivity contribution in [2.45, 2.75) is 53.4 Å². The number of benzene rings is 1. The monoisotopic (exact) mass is 308 g/mol. The highest BCUT2D eigenvalue weighted by Crippen LogP contribution is 2.43. The van der Waals surface area contributed by atoms with Crippen LogP contribution in [-0.4, -0.2) is 15.6 Å². The van der Waals surface area contributed by atoms with Gasteiger partial charge >= 0.3 is 0 Å². The maximum atomic E-state index is 12.3. The molecule has 1 aromatic carbocycles. The number of rotatable bonds is 4. The molecule has 7 nitrogen and oxygen atoms in total. The van der Waals surface area contributed by atoms with Gasteiger partial charge in [0.1, 0.15) is 5.56 Å². The maximum Gasteiger partial charge on any atom is 0.283 e. The fourth-order valence-corrected chi connectivity index (χ4v) is 2.76. The van der Waals surface area contributed by atoms with Crippen LogP contribution in [0.3, 0.4) is 0 Å². The third-order valence-corrected chi connectivity index (χ3v) is 3.64. The van der Waals surface area contributed by atoms with Gasteiger partial charge in [0.05, 0.1) is 9.85 Å². The number of ketones is 1. The van der Waals surface area contributed by atoms with Crippen LogP contribution in [0.15, 0.2) is 0 Å². The van der Waals surface area contributed by atoms with Gasteiger partial charge in [-0.3, -0.25) is 25.0 Å². The SMILES string of the molecule is CCC(=O)c1c(C)c([N+](=O)[O-])c(C)c([N+](=O)[O-])c1C(C)(C)C. The topological polar surface area (TPSA) is 103 Å². The molecule has 0 saturated carbocycles. The van der Waals surface area contributed by atoms with Gasteiger partial charge in [0, 0.05) is 23.1 Å². The molecule has 0 unspecified atom stereocenters. The lowest BCUT2D eigenvalue weighted by atomic mass is 9.77. The Bertz CT molecular complexity index is 672.